The Kier molecular flexibility index (Phi) is 4.53. The van der Waals surface area contributed by atoms with E-state index in [1.807, 2.05) is 13.8 Å². The van der Waals surface area contributed by atoms with Gasteiger partial charge in [0.05, 0.1) is 19.1 Å². The van der Waals surface area contributed by atoms with Crippen molar-refractivity contribution in [2.75, 3.05) is 11.9 Å². The number of anilines is 1. The van der Waals surface area contributed by atoms with Crippen molar-refractivity contribution in [1.29, 1.82) is 0 Å². The Morgan fingerprint density at radius 3 is 2.85 bits per heavy atom. The first-order valence-electron chi connectivity index (χ1n) is 6.50. The molecule has 1 aromatic carbocycles. The summed E-state index contributed by atoms with van der Waals surface area (Å²) in [6, 6.07) is 8.14. The van der Waals surface area contributed by atoms with Crippen molar-refractivity contribution < 1.29 is 13.9 Å². The number of nitrogens with one attached hydrogen (secondary N) is 1. The molecule has 0 aliphatic rings. The van der Waals surface area contributed by atoms with Gasteiger partial charge < -0.3 is 14.5 Å². The molecule has 1 aromatic heterocycles. The van der Waals surface area contributed by atoms with Crippen LogP contribution < -0.4 is 10.9 Å². The van der Waals surface area contributed by atoms with Crippen molar-refractivity contribution in [3.8, 4) is 0 Å². The van der Waals surface area contributed by atoms with Gasteiger partial charge in [0, 0.05) is 17.1 Å². The lowest BCUT2D eigenvalue weighted by Crippen LogP contribution is -2.15. The summed E-state index contributed by atoms with van der Waals surface area (Å²) in [6.07, 6.45) is 0.423. The fraction of sp³-hybridized carbons (Fsp3) is 0.333. The van der Waals surface area contributed by atoms with E-state index in [0.717, 1.165) is 5.39 Å². The fourth-order valence-corrected chi connectivity index (χ4v) is 1.76. The molecule has 0 radical (unpaired) electrons. The van der Waals surface area contributed by atoms with Crippen LogP contribution in [-0.4, -0.2) is 18.6 Å². The first kappa shape index (κ1) is 14.3. The lowest BCUT2D eigenvalue weighted by Gasteiger charge is -2.08. The van der Waals surface area contributed by atoms with E-state index >= 15 is 0 Å². The van der Waals surface area contributed by atoms with Gasteiger partial charge in [-0.25, -0.2) is 4.79 Å². The zero-order chi connectivity index (χ0) is 14.5. The van der Waals surface area contributed by atoms with E-state index < -0.39 is 0 Å². The van der Waals surface area contributed by atoms with Crippen LogP contribution in [0.3, 0.4) is 0 Å². The monoisotopic (exact) mass is 275 g/mol. The summed E-state index contributed by atoms with van der Waals surface area (Å²) >= 11 is 0. The Morgan fingerprint density at radius 2 is 2.10 bits per heavy atom. The number of hydrogen-bond acceptors (Lipinski definition) is 4. The number of carbonyl (C=O) groups excluding carboxylic acids is 1. The van der Waals surface area contributed by atoms with Gasteiger partial charge in [0.1, 0.15) is 5.58 Å². The van der Waals surface area contributed by atoms with E-state index in [-0.39, 0.29) is 17.6 Å². The van der Waals surface area contributed by atoms with E-state index in [2.05, 4.69) is 5.32 Å². The molecule has 0 saturated heterocycles. The van der Waals surface area contributed by atoms with Crippen molar-refractivity contribution in [1.82, 2.24) is 0 Å². The quantitative estimate of drug-likeness (QED) is 0.851. The molecule has 1 N–H and O–H groups in total. The van der Waals surface area contributed by atoms with Crippen LogP contribution in [0.5, 0.6) is 0 Å². The molecule has 2 rings (SSSR count). The van der Waals surface area contributed by atoms with Crippen LogP contribution in [-0.2, 0) is 9.53 Å². The number of benzene rings is 1. The van der Waals surface area contributed by atoms with Crippen LogP contribution >= 0.6 is 0 Å². The molecule has 0 atom stereocenters. The lowest BCUT2D eigenvalue weighted by atomic mass is 10.2. The molecule has 20 heavy (non-hydrogen) atoms. The van der Waals surface area contributed by atoms with E-state index in [1.54, 1.807) is 24.3 Å². The van der Waals surface area contributed by atoms with Gasteiger partial charge >= 0.3 is 5.63 Å². The molecule has 0 spiro atoms. The van der Waals surface area contributed by atoms with Crippen molar-refractivity contribution >= 4 is 22.6 Å². The number of hydrogen-bond donors (Lipinski definition) is 1. The van der Waals surface area contributed by atoms with E-state index in [1.165, 1.54) is 6.07 Å². The number of carbonyl (C=O) groups is 1. The third-order valence-electron chi connectivity index (χ3n) is 2.68. The van der Waals surface area contributed by atoms with Gasteiger partial charge in [0.15, 0.2) is 0 Å². The Balaban J connectivity index is 2.01. The minimum absolute atomic E-state index is 0.109. The third kappa shape index (κ3) is 3.93. The van der Waals surface area contributed by atoms with Crippen LogP contribution in [0.4, 0.5) is 5.69 Å². The third-order valence-corrected chi connectivity index (χ3v) is 2.68. The number of rotatable bonds is 5. The Bertz CT molecular complexity index is 660. The molecule has 0 aliphatic heterocycles. The highest BCUT2D eigenvalue weighted by Gasteiger charge is 2.05. The lowest BCUT2D eigenvalue weighted by molar-refractivity contribution is -0.117. The zero-order valence-corrected chi connectivity index (χ0v) is 11.5. The second-order valence-corrected chi connectivity index (χ2v) is 4.72. The van der Waals surface area contributed by atoms with E-state index in [9.17, 15) is 9.59 Å². The maximum atomic E-state index is 11.7. The summed E-state index contributed by atoms with van der Waals surface area (Å²) in [7, 11) is 0. The largest absolute Gasteiger partial charge is 0.423 e. The topological polar surface area (TPSA) is 68.5 Å². The van der Waals surface area contributed by atoms with Crippen LogP contribution in [0.25, 0.3) is 11.0 Å². The predicted molar refractivity (Wildman–Crippen MR) is 76.8 cm³/mol. The van der Waals surface area contributed by atoms with Crippen LogP contribution in [0.1, 0.15) is 20.3 Å². The SMILES string of the molecule is CC(C)OCCC(=O)Nc1ccc2oc(=O)ccc2c1. The molecule has 2 aromatic rings. The van der Waals surface area contributed by atoms with E-state index in [0.29, 0.717) is 24.3 Å². The van der Waals surface area contributed by atoms with Gasteiger partial charge in [-0.05, 0) is 38.1 Å². The molecular weight excluding hydrogens is 258 g/mol. The first-order valence-corrected chi connectivity index (χ1v) is 6.50. The minimum Gasteiger partial charge on any atom is -0.423 e. The molecule has 0 unspecified atom stereocenters. The maximum absolute atomic E-state index is 11.7. The normalized spacial score (nSPS) is 10.9. The van der Waals surface area contributed by atoms with Gasteiger partial charge in [-0.1, -0.05) is 0 Å². The summed E-state index contributed by atoms with van der Waals surface area (Å²) in [6.45, 7) is 4.25. The summed E-state index contributed by atoms with van der Waals surface area (Å²) in [5.41, 5.74) is 0.777. The van der Waals surface area contributed by atoms with Gasteiger partial charge in [0.25, 0.3) is 0 Å². The van der Waals surface area contributed by atoms with Crippen molar-refractivity contribution in [3.05, 3.63) is 40.8 Å². The second-order valence-electron chi connectivity index (χ2n) is 4.72. The molecule has 1 amide bonds. The van der Waals surface area contributed by atoms with Gasteiger partial charge in [-0.2, -0.15) is 0 Å². The van der Waals surface area contributed by atoms with Crippen LogP contribution in [0, 0.1) is 0 Å². The number of amides is 1. The summed E-state index contributed by atoms with van der Waals surface area (Å²) in [5, 5.41) is 3.55. The van der Waals surface area contributed by atoms with Gasteiger partial charge in [-0.3, -0.25) is 4.79 Å². The Hall–Kier alpha value is -2.14. The first-order chi connectivity index (χ1) is 9.54. The van der Waals surface area contributed by atoms with Crippen molar-refractivity contribution in [3.63, 3.8) is 0 Å². The molecular formula is C15H17NO4. The minimum atomic E-state index is -0.389. The predicted octanol–water partition coefficient (Wildman–Crippen LogP) is 2.55. The average Bonchev–Trinajstić information content (AvgIpc) is 2.38. The maximum Gasteiger partial charge on any atom is 0.336 e. The molecule has 106 valence electrons. The molecule has 1 heterocycles. The molecule has 0 fully saturated rings. The highest BCUT2D eigenvalue weighted by Crippen LogP contribution is 2.17. The van der Waals surface area contributed by atoms with Crippen molar-refractivity contribution in [2.24, 2.45) is 0 Å². The summed E-state index contributed by atoms with van der Waals surface area (Å²) in [4.78, 5) is 22.8. The molecule has 0 aliphatic carbocycles. The standard InChI is InChI=1S/C15H17NO4/c1-10(2)19-8-7-14(17)16-12-4-5-13-11(9-12)3-6-15(18)20-13/h3-6,9-10H,7-8H2,1-2H3,(H,16,17). The molecule has 5 nitrogen and oxygen atoms in total. The summed E-state index contributed by atoms with van der Waals surface area (Å²) < 4.78 is 10.3. The second kappa shape index (κ2) is 6.34. The number of fused-ring (bicyclic) bond motifs is 1. The molecule has 0 saturated carbocycles. The van der Waals surface area contributed by atoms with Gasteiger partial charge in [-0.15, -0.1) is 0 Å². The fourth-order valence-electron chi connectivity index (χ4n) is 1.76. The summed E-state index contributed by atoms with van der Waals surface area (Å²) in [5.74, 6) is -0.109. The smallest absolute Gasteiger partial charge is 0.336 e. The highest BCUT2D eigenvalue weighted by molar-refractivity contribution is 5.93. The van der Waals surface area contributed by atoms with E-state index in [4.69, 9.17) is 9.15 Å². The highest BCUT2D eigenvalue weighted by atomic mass is 16.5. The molecule has 5 heteroatoms. The zero-order valence-electron chi connectivity index (χ0n) is 11.5. The average molecular weight is 275 g/mol. The number of ether oxygens (including phenoxy) is 1. The van der Waals surface area contributed by atoms with Gasteiger partial charge in [0.2, 0.25) is 5.91 Å². The Morgan fingerprint density at radius 1 is 1.30 bits per heavy atom. The van der Waals surface area contributed by atoms with Crippen molar-refractivity contribution in [2.45, 2.75) is 26.4 Å². The Labute approximate surface area is 116 Å². The van der Waals surface area contributed by atoms with Crippen LogP contribution in [0.15, 0.2) is 39.5 Å². The molecule has 0 bridgehead atoms. The van der Waals surface area contributed by atoms with Crippen LogP contribution in [0.2, 0.25) is 0 Å².